The van der Waals surface area contributed by atoms with Crippen LogP contribution in [0, 0.1) is 0 Å². The van der Waals surface area contributed by atoms with Crippen LogP contribution in [0.5, 0.6) is 0 Å². The molecular formula is C21H22. The average molecular weight is 274 g/mol. The van der Waals surface area contributed by atoms with Crippen LogP contribution in [0.4, 0.5) is 0 Å². The van der Waals surface area contributed by atoms with Crippen molar-refractivity contribution in [3.8, 4) is 0 Å². The molecule has 0 fully saturated rings. The molecule has 0 aromatic heterocycles. The molecule has 106 valence electrons. The molecule has 21 heavy (non-hydrogen) atoms. The quantitative estimate of drug-likeness (QED) is 0.675. The van der Waals surface area contributed by atoms with Gasteiger partial charge >= 0.3 is 0 Å². The van der Waals surface area contributed by atoms with Crippen molar-refractivity contribution >= 4 is 0 Å². The van der Waals surface area contributed by atoms with Crippen LogP contribution in [0.3, 0.4) is 0 Å². The lowest BCUT2D eigenvalue weighted by atomic mass is 9.70. The molecule has 0 aliphatic heterocycles. The standard InChI is InChI=1S/C21H22/c1-3-17-14-15-20(16-17)21(2,18-10-6-4-7-11-18)19-12-8-5-9-13-19/h4-14,16H,3,15H2,1-2H3. The van der Waals surface area contributed by atoms with Crippen LogP contribution < -0.4 is 0 Å². The predicted molar refractivity (Wildman–Crippen MR) is 90.4 cm³/mol. The highest BCUT2D eigenvalue weighted by atomic mass is 14.4. The summed E-state index contributed by atoms with van der Waals surface area (Å²) in [5.74, 6) is 0. The van der Waals surface area contributed by atoms with Crippen LogP contribution >= 0.6 is 0 Å². The van der Waals surface area contributed by atoms with E-state index in [1.807, 2.05) is 0 Å². The van der Waals surface area contributed by atoms with Crippen LogP contribution in [0.2, 0.25) is 0 Å². The Bertz CT molecular complexity index is 620. The first kappa shape index (κ1) is 13.9. The van der Waals surface area contributed by atoms with Gasteiger partial charge in [-0.05, 0) is 30.9 Å². The minimum Gasteiger partial charge on any atom is -0.0772 e. The van der Waals surface area contributed by atoms with E-state index in [0.29, 0.717) is 0 Å². The topological polar surface area (TPSA) is 0 Å². The molecule has 2 aromatic rings. The van der Waals surface area contributed by atoms with Crippen molar-refractivity contribution < 1.29 is 0 Å². The smallest absolute Gasteiger partial charge is 0.0389 e. The Morgan fingerprint density at radius 1 is 0.857 bits per heavy atom. The van der Waals surface area contributed by atoms with Gasteiger partial charge in [0, 0.05) is 5.41 Å². The minimum atomic E-state index is -0.0457. The SMILES string of the molecule is CCC1=CCC(C(C)(c2ccccc2)c2ccccc2)=C1. The highest BCUT2D eigenvalue weighted by molar-refractivity contribution is 5.52. The lowest BCUT2D eigenvalue weighted by Crippen LogP contribution is -2.25. The largest absolute Gasteiger partial charge is 0.0772 e. The van der Waals surface area contributed by atoms with Crippen molar-refractivity contribution in [1.82, 2.24) is 0 Å². The Hall–Kier alpha value is -2.08. The van der Waals surface area contributed by atoms with Crippen molar-refractivity contribution in [3.63, 3.8) is 0 Å². The first-order chi connectivity index (χ1) is 10.2. The summed E-state index contributed by atoms with van der Waals surface area (Å²) in [6.07, 6.45) is 6.95. The Morgan fingerprint density at radius 2 is 1.38 bits per heavy atom. The highest BCUT2D eigenvalue weighted by Crippen LogP contribution is 2.43. The first-order valence-corrected chi connectivity index (χ1v) is 7.76. The lowest BCUT2D eigenvalue weighted by molar-refractivity contribution is 0.662. The number of hydrogen-bond acceptors (Lipinski definition) is 0. The summed E-state index contributed by atoms with van der Waals surface area (Å²) >= 11 is 0. The summed E-state index contributed by atoms with van der Waals surface area (Å²) in [7, 11) is 0. The number of hydrogen-bond donors (Lipinski definition) is 0. The monoisotopic (exact) mass is 274 g/mol. The molecule has 0 amide bonds. The molecule has 0 spiro atoms. The summed E-state index contributed by atoms with van der Waals surface area (Å²) in [5, 5.41) is 0. The van der Waals surface area contributed by atoms with E-state index >= 15 is 0 Å². The van der Waals surface area contributed by atoms with Gasteiger partial charge in [-0.15, -0.1) is 0 Å². The molecule has 1 aliphatic rings. The predicted octanol–water partition coefficient (Wildman–Crippen LogP) is 5.66. The van der Waals surface area contributed by atoms with E-state index < -0.39 is 0 Å². The molecule has 0 atom stereocenters. The zero-order chi connectivity index (χ0) is 14.7. The molecule has 0 heteroatoms. The number of rotatable bonds is 4. The molecule has 0 N–H and O–H groups in total. The lowest BCUT2D eigenvalue weighted by Gasteiger charge is -2.33. The van der Waals surface area contributed by atoms with E-state index in [1.54, 1.807) is 0 Å². The number of allylic oxidation sites excluding steroid dienone is 4. The van der Waals surface area contributed by atoms with E-state index in [1.165, 1.54) is 22.3 Å². The maximum Gasteiger partial charge on any atom is 0.0389 e. The van der Waals surface area contributed by atoms with Gasteiger partial charge in [-0.25, -0.2) is 0 Å². The van der Waals surface area contributed by atoms with Gasteiger partial charge in [-0.1, -0.05) is 90.9 Å². The molecule has 0 bridgehead atoms. The third kappa shape index (κ3) is 2.47. The van der Waals surface area contributed by atoms with Crippen molar-refractivity contribution in [2.24, 2.45) is 0 Å². The van der Waals surface area contributed by atoms with E-state index in [9.17, 15) is 0 Å². The maximum atomic E-state index is 2.40. The second-order valence-corrected chi connectivity index (χ2v) is 5.86. The summed E-state index contributed by atoms with van der Waals surface area (Å²) in [6.45, 7) is 4.59. The third-order valence-corrected chi connectivity index (χ3v) is 4.70. The van der Waals surface area contributed by atoms with Gasteiger partial charge in [0.1, 0.15) is 0 Å². The summed E-state index contributed by atoms with van der Waals surface area (Å²) in [4.78, 5) is 0. The second-order valence-electron chi connectivity index (χ2n) is 5.86. The first-order valence-electron chi connectivity index (χ1n) is 7.76. The van der Waals surface area contributed by atoms with Gasteiger partial charge in [0.05, 0.1) is 0 Å². The molecule has 0 saturated carbocycles. The zero-order valence-electron chi connectivity index (χ0n) is 12.8. The third-order valence-electron chi connectivity index (χ3n) is 4.70. The summed E-state index contributed by atoms with van der Waals surface area (Å²) in [5.41, 5.74) is 5.65. The molecule has 0 saturated heterocycles. The maximum absolute atomic E-state index is 2.40. The van der Waals surface area contributed by atoms with Crippen molar-refractivity contribution in [2.75, 3.05) is 0 Å². The Balaban J connectivity index is 2.13. The van der Waals surface area contributed by atoms with Crippen molar-refractivity contribution in [3.05, 3.63) is 95.1 Å². The van der Waals surface area contributed by atoms with E-state index in [2.05, 4.69) is 86.7 Å². The molecule has 0 heterocycles. The molecule has 3 rings (SSSR count). The van der Waals surface area contributed by atoms with Gasteiger partial charge in [-0.2, -0.15) is 0 Å². The normalized spacial score (nSPS) is 14.8. The van der Waals surface area contributed by atoms with Crippen molar-refractivity contribution in [2.45, 2.75) is 32.1 Å². The van der Waals surface area contributed by atoms with Gasteiger partial charge in [0.15, 0.2) is 0 Å². The summed E-state index contributed by atoms with van der Waals surface area (Å²) < 4.78 is 0. The fourth-order valence-corrected chi connectivity index (χ4v) is 3.26. The average Bonchev–Trinajstić information content (AvgIpc) is 3.05. The van der Waals surface area contributed by atoms with Gasteiger partial charge in [-0.3, -0.25) is 0 Å². The number of benzene rings is 2. The van der Waals surface area contributed by atoms with Crippen LogP contribution in [0.1, 0.15) is 37.8 Å². The highest BCUT2D eigenvalue weighted by Gasteiger charge is 2.33. The zero-order valence-corrected chi connectivity index (χ0v) is 12.8. The fraction of sp³-hybridized carbons (Fsp3) is 0.238. The minimum absolute atomic E-state index is 0.0457. The molecule has 2 aromatic carbocycles. The van der Waals surface area contributed by atoms with E-state index in [0.717, 1.165) is 12.8 Å². The van der Waals surface area contributed by atoms with Crippen LogP contribution in [0.15, 0.2) is 84.0 Å². The van der Waals surface area contributed by atoms with Crippen molar-refractivity contribution in [1.29, 1.82) is 0 Å². The van der Waals surface area contributed by atoms with E-state index in [-0.39, 0.29) is 5.41 Å². The van der Waals surface area contributed by atoms with Crippen LogP contribution in [-0.4, -0.2) is 0 Å². The Labute approximate surface area is 127 Å². The van der Waals surface area contributed by atoms with Crippen LogP contribution in [-0.2, 0) is 5.41 Å². The summed E-state index contributed by atoms with van der Waals surface area (Å²) in [6, 6.07) is 21.7. The molecule has 0 unspecified atom stereocenters. The van der Waals surface area contributed by atoms with Crippen LogP contribution in [0.25, 0.3) is 0 Å². The van der Waals surface area contributed by atoms with Gasteiger partial charge in [0.25, 0.3) is 0 Å². The van der Waals surface area contributed by atoms with Gasteiger partial charge in [0.2, 0.25) is 0 Å². The Kier molecular flexibility index (Phi) is 3.79. The second kappa shape index (κ2) is 5.73. The Morgan fingerprint density at radius 3 is 1.81 bits per heavy atom. The molecule has 0 nitrogen and oxygen atoms in total. The van der Waals surface area contributed by atoms with E-state index in [4.69, 9.17) is 0 Å². The fourth-order valence-electron chi connectivity index (χ4n) is 3.26. The molecular weight excluding hydrogens is 252 g/mol. The molecule has 1 aliphatic carbocycles. The molecule has 0 radical (unpaired) electrons. The van der Waals surface area contributed by atoms with Gasteiger partial charge < -0.3 is 0 Å².